The minimum atomic E-state index is -1.00. The number of rotatable bonds is 5. The molecule has 0 unspecified atom stereocenters. The van der Waals surface area contributed by atoms with Crippen LogP contribution in [-0.2, 0) is 14.3 Å². The van der Waals surface area contributed by atoms with E-state index >= 15 is 0 Å². The summed E-state index contributed by atoms with van der Waals surface area (Å²) in [5.41, 5.74) is 1.60. The summed E-state index contributed by atoms with van der Waals surface area (Å²) in [6, 6.07) is 10.0. The first-order chi connectivity index (χ1) is 9.92. The Bertz CT molecular complexity index is 527. The molecule has 0 spiro atoms. The van der Waals surface area contributed by atoms with Gasteiger partial charge < -0.3 is 9.84 Å². The number of hydrogen-bond donors (Lipinski definition) is 1. The van der Waals surface area contributed by atoms with Crippen LogP contribution in [0.1, 0.15) is 18.9 Å². The van der Waals surface area contributed by atoms with Crippen molar-refractivity contribution in [1.29, 1.82) is 0 Å². The van der Waals surface area contributed by atoms with Gasteiger partial charge in [-0.2, -0.15) is 0 Å². The molecule has 0 aliphatic carbocycles. The zero-order valence-corrected chi connectivity index (χ0v) is 12.3. The summed E-state index contributed by atoms with van der Waals surface area (Å²) in [6.07, 6.45) is 3.45. The van der Waals surface area contributed by atoms with Gasteiger partial charge in [0.15, 0.2) is 0 Å². The molecule has 21 heavy (non-hydrogen) atoms. The second kappa shape index (κ2) is 10.2. The van der Waals surface area contributed by atoms with Crippen LogP contribution in [0.5, 0.6) is 0 Å². The van der Waals surface area contributed by atoms with Gasteiger partial charge in [-0.25, -0.2) is 9.59 Å². The summed E-state index contributed by atoms with van der Waals surface area (Å²) in [5.74, 6) is -1.52. The zero-order valence-electron chi connectivity index (χ0n) is 12.3. The Labute approximate surface area is 125 Å². The van der Waals surface area contributed by atoms with E-state index in [2.05, 4.69) is 17.9 Å². The number of methoxy groups -OCH3 is 1. The molecule has 1 N–H and O–H groups in total. The van der Waals surface area contributed by atoms with Gasteiger partial charge in [0.25, 0.3) is 0 Å². The largest absolute Gasteiger partial charge is 0.478 e. The van der Waals surface area contributed by atoms with E-state index in [-0.39, 0.29) is 17.6 Å². The molecule has 0 bridgehead atoms. The Hall–Kier alpha value is -2.62. The molecule has 4 nitrogen and oxygen atoms in total. The van der Waals surface area contributed by atoms with Gasteiger partial charge >= 0.3 is 11.9 Å². The maximum absolute atomic E-state index is 10.8. The highest BCUT2D eigenvalue weighted by Crippen LogP contribution is 2.04. The van der Waals surface area contributed by atoms with Gasteiger partial charge in [0, 0.05) is 11.1 Å². The highest BCUT2D eigenvalue weighted by atomic mass is 16.5. The topological polar surface area (TPSA) is 63.6 Å². The molecule has 0 aliphatic rings. The Kier molecular flexibility index (Phi) is 8.93. The monoisotopic (exact) mass is 288 g/mol. The molecule has 0 fully saturated rings. The average molecular weight is 288 g/mol. The molecule has 0 atom stereocenters. The van der Waals surface area contributed by atoms with E-state index in [1.54, 1.807) is 0 Å². The number of carboxylic acid groups (broad SMARTS) is 1. The second-order valence-electron chi connectivity index (χ2n) is 4.11. The molecule has 0 saturated heterocycles. The van der Waals surface area contributed by atoms with Gasteiger partial charge in [-0.15, -0.1) is 0 Å². The number of allylic oxidation sites excluding steroid dienone is 1. The van der Waals surface area contributed by atoms with Crippen LogP contribution in [-0.4, -0.2) is 24.2 Å². The highest BCUT2D eigenvalue weighted by Gasteiger charge is 2.05. The fourth-order valence-electron chi connectivity index (χ4n) is 1.18. The minimum absolute atomic E-state index is 0.185. The molecular formula is C17H20O4. The van der Waals surface area contributed by atoms with Crippen molar-refractivity contribution in [2.24, 2.45) is 0 Å². The standard InChI is InChI=1S/C9H12O4.C8H8/c1-6(8(10)11)4-5-7(2)9(12)13-3;1-2-8-6-4-3-5-7-8/h4H,2,5H2,1,3H3,(H,10,11);2-7H,1H2. The minimum Gasteiger partial charge on any atom is -0.478 e. The molecule has 112 valence electrons. The van der Waals surface area contributed by atoms with Crippen molar-refractivity contribution in [3.05, 3.63) is 66.3 Å². The molecule has 0 heterocycles. The number of carbonyl (C=O) groups is 2. The number of carbonyl (C=O) groups excluding carboxylic acids is 1. The summed E-state index contributed by atoms with van der Waals surface area (Å²) in [6.45, 7) is 8.53. The molecule has 1 aromatic carbocycles. The van der Waals surface area contributed by atoms with Crippen LogP contribution in [0.3, 0.4) is 0 Å². The van der Waals surface area contributed by atoms with Crippen LogP contribution < -0.4 is 0 Å². The van der Waals surface area contributed by atoms with Crippen molar-refractivity contribution in [2.75, 3.05) is 7.11 Å². The van der Waals surface area contributed by atoms with Crippen LogP contribution in [0.4, 0.5) is 0 Å². The Balaban J connectivity index is 0.000000423. The first kappa shape index (κ1) is 18.4. The summed E-state index contributed by atoms with van der Waals surface area (Å²) in [7, 11) is 1.25. The van der Waals surface area contributed by atoms with Crippen LogP contribution in [0.25, 0.3) is 6.08 Å². The Morgan fingerprint density at radius 3 is 2.24 bits per heavy atom. The third-order valence-electron chi connectivity index (χ3n) is 2.50. The van der Waals surface area contributed by atoms with E-state index in [0.717, 1.165) is 0 Å². The van der Waals surface area contributed by atoms with Crippen molar-refractivity contribution in [3.63, 3.8) is 0 Å². The number of benzene rings is 1. The van der Waals surface area contributed by atoms with E-state index in [1.165, 1.54) is 25.7 Å². The number of aliphatic carboxylic acids is 1. The molecule has 0 radical (unpaired) electrons. The van der Waals surface area contributed by atoms with Gasteiger partial charge in [0.2, 0.25) is 0 Å². The molecule has 0 amide bonds. The maximum atomic E-state index is 10.8. The smallest absolute Gasteiger partial charge is 0.333 e. The van der Waals surface area contributed by atoms with Crippen LogP contribution in [0, 0.1) is 0 Å². The van der Waals surface area contributed by atoms with Crippen molar-refractivity contribution in [2.45, 2.75) is 13.3 Å². The van der Waals surface area contributed by atoms with Gasteiger partial charge in [0.05, 0.1) is 7.11 Å². The lowest BCUT2D eigenvalue weighted by Crippen LogP contribution is -2.03. The predicted molar refractivity (Wildman–Crippen MR) is 83.7 cm³/mol. The van der Waals surface area contributed by atoms with E-state index in [4.69, 9.17) is 5.11 Å². The number of esters is 1. The fraction of sp³-hybridized carbons (Fsp3) is 0.176. The van der Waals surface area contributed by atoms with Crippen molar-refractivity contribution in [3.8, 4) is 0 Å². The van der Waals surface area contributed by atoms with Gasteiger partial charge in [-0.05, 0) is 18.9 Å². The predicted octanol–water partition coefficient (Wildman–Crippen LogP) is 3.47. The molecule has 4 heteroatoms. The number of ether oxygens (including phenoxy) is 1. The van der Waals surface area contributed by atoms with Gasteiger partial charge in [0.1, 0.15) is 0 Å². The van der Waals surface area contributed by atoms with Gasteiger partial charge in [-0.1, -0.05) is 55.6 Å². The van der Waals surface area contributed by atoms with Crippen LogP contribution >= 0.6 is 0 Å². The summed E-state index contributed by atoms with van der Waals surface area (Å²) >= 11 is 0. The van der Waals surface area contributed by atoms with Crippen molar-refractivity contribution >= 4 is 18.0 Å². The molecule has 1 rings (SSSR count). The van der Waals surface area contributed by atoms with E-state index < -0.39 is 11.9 Å². The lowest BCUT2D eigenvalue weighted by Gasteiger charge is -1.99. The number of carboxylic acids is 1. The lowest BCUT2D eigenvalue weighted by atomic mass is 10.1. The molecule has 0 aromatic heterocycles. The summed E-state index contributed by atoms with van der Waals surface area (Å²) in [5, 5.41) is 8.48. The van der Waals surface area contributed by atoms with E-state index in [0.29, 0.717) is 0 Å². The quantitative estimate of drug-likeness (QED) is 0.665. The van der Waals surface area contributed by atoms with E-state index in [1.807, 2.05) is 36.4 Å². The molecule has 1 aromatic rings. The third-order valence-corrected chi connectivity index (χ3v) is 2.50. The fourth-order valence-corrected chi connectivity index (χ4v) is 1.18. The number of hydrogen-bond acceptors (Lipinski definition) is 3. The second-order valence-corrected chi connectivity index (χ2v) is 4.11. The van der Waals surface area contributed by atoms with Crippen molar-refractivity contribution < 1.29 is 19.4 Å². The van der Waals surface area contributed by atoms with E-state index in [9.17, 15) is 9.59 Å². The first-order valence-corrected chi connectivity index (χ1v) is 6.26. The maximum Gasteiger partial charge on any atom is 0.333 e. The Morgan fingerprint density at radius 1 is 1.29 bits per heavy atom. The Morgan fingerprint density at radius 2 is 1.86 bits per heavy atom. The van der Waals surface area contributed by atoms with Crippen LogP contribution in [0.2, 0.25) is 0 Å². The first-order valence-electron chi connectivity index (χ1n) is 6.26. The van der Waals surface area contributed by atoms with Crippen molar-refractivity contribution in [1.82, 2.24) is 0 Å². The van der Waals surface area contributed by atoms with Crippen LogP contribution in [0.15, 0.2) is 60.7 Å². The average Bonchev–Trinajstić information content (AvgIpc) is 2.52. The third kappa shape index (κ3) is 8.21. The molecule has 0 saturated carbocycles. The highest BCUT2D eigenvalue weighted by molar-refractivity contribution is 5.89. The molecule has 0 aliphatic heterocycles. The summed E-state index contributed by atoms with van der Waals surface area (Å²) in [4.78, 5) is 21.1. The normalized spacial score (nSPS) is 9.90. The van der Waals surface area contributed by atoms with Gasteiger partial charge in [-0.3, -0.25) is 0 Å². The zero-order chi connectivity index (χ0) is 16.3. The summed E-state index contributed by atoms with van der Waals surface area (Å²) < 4.78 is 4.39. The lowest BCUT2D eigenvalue weighted by molar-refractivity contribution is -0.136. The molecular weight excluding hydrogens is 268 g/mol. The SMILES string of the molecule is C=C(CC=C(C)C(=O)O)C(=O)OC.C=Cc1ccccc1.